The molecule has 0 aromatic heterocycles. The van der Waals surface area contributed by atoms with E-state index in [9.17, 15) is 14.4 Å². The van der Waals surface area contributed by atoms with E-state index in [4.69, 9.17) is 14.2 Å². The Morgan fingerprint density at radius 2 is 0.487 bits per heavy atom. The number of carbonyl (C=O) groups excluding carboxylic acids is 3. The maximum atomic E-state index is 12.9. The van der Waals surface area contributed by atoms with Gasteiger partial charge in [0.2, 0.25) is 0 Å². The zero-order valence-electron chi connectivity index (χ0n) is 53.3. The van der Waals surface area contributed by atoms with Crippen LogP contribution in [0.2, 0.25) is 0 Å². The lowest BCUT2D eigenvalue weighted by molar-refractivity contribution is -0.167. The topological polar surface area (TPSA) is 78.9 Å². The molecule has 0 aliphatic heterocycles. The van der Waals surface area contributed by atoms with E-state index in [1.54, 1.807) is 0 Å². The lowest BCUT2D eigenvalue weighted by atomic mass is 10.0. The summed E-state index contributed by atoms with van der Waals surface area (Å²) in [5.74, 6) is -0.855. The van der Waals surface area contributed by atoms with E-state index in [-0.39, 0.29) is 31.1 Å². The van der Waals surface area contributed by atoms with E-state index in [0.29, 0.717) is 19.3 Å². The van der Waals surface area contributed by atoms with Crippen LogP contribution in [0, 0.1) is 0 Å². The minimum absolute atomic E-state index is 0.0718. The van der Waals surface area contributed by atoms with Crippen LogP contribution >= 0.6 is 0 Å². The van der Waals surface area contributed by atoms with Crippen LogP contribution in [0.15, 0.2) is 72.9 Å². The molecule has 0 aliphatic rings. The van der Waals surface area contributed by atoms with Crippen molar-refractivity contribution in [2.45, 2.75) is 367 Å². The van der Waals surface area contributed by atoms with Gasteiger partial charge in [0.25, 0.3) is 0 Å². The highest BCUT2D eigenvalue weighted by Gasteiger charge is 2.19. The van der Waals surface area contributed by atoms with E-state index >= 15 is 0 Å². The fraction of sp³-hybridized carbons (Fsp3) is 0.797. The van der Waals surface area contributed by atoms with Gasteiger partial charge in [-0.25, -0.2) is 0 Å². The fourth-order valence-electron chi connectivity index (χ4n) is 10.2. The van der Waals surface area contributed by atoms with Crippen LogP contribution in [0.1, 0.15) is 361 Å². The molecule has 80 heavy (non-hydrogen) atoms. The Balaban J connectivity index is 4.25. The monoisotopic (exact) mass is 1120 g/mol. The molecule has 464 valence electrons. The smallest absolute Gasteiger partial charge is 0.306 e. The van der Waals surface area contributed by atoms with E-state index in [0.717, 1.165) is 89.9 Å². The SMILES string of the molecule is CC/C=C\C/C=C\C/C=C\C/C=C\C/C=C\CCCCCCCCCCCCCC(=O)OCC(COC(=O)CCCCCCCCCCCCCC)OC(=O)CCCCCCCCCCCCC/C=C\CCCCCCCCCC. The molecule has 0 aliphatic carbocycles. The highest BCUT2D eigenvalue weighted by atomic mass is 16.6. The molecule has 0 amide bonds. The van der Waals surface area contributed by atoms with Gasteiger partial charge in [0, 0.05) is 19.3 Å². The summed E-state index contributed by atoms with van der Waals surface area (Å²) in [7, 11) is 0. The van der Waals surface area contributed by atoms with Crippen LogP contribution in [0.25, 0.3) is 0 Å². The maximum absolute atomic E-state index is 12.9. The summed E-state index contributed by atoms with van der Waals surface area (Å²) in [4.78, 5) is 38.4. The molecule has 0 spiro atoms. The fourth-order valence-corrected chi connectivity index (χ4v) is 10.2. The average molecular weight is 1120 g/mol. The van der Waals surface area contributed by atoms with E-state index in [1.165, 1.54) is 231 Å². The predicted molar refractivity (Wildman–Crippen MR) is 348 cm³/mol. The molecule has 0 saturated carbocycles. The third-order valence-corrected chi connectivity index (χ3v) is 15.4. The van der Waals surface area contributed by atoms with Gasteiger partial charge < -0.3 is 14.2 Å². The molecule has 0 aromatic carbocycles. The molecule has 6 heteroatoms. The number of allylic oxidation sites excluding steroid dienone is 12. The average Bonchev–Trinajstić information content (AvgIpc) is 3.46. The Kier molecular flexibility index (Phi) is 65.7. The number of unbranched alkanes of at least 4 members (excludes halogenated alkanes) is 41. The van der Waals surface area contributed by atoms with E-state index in [1.807, 2.05) is 0 Å². The summed E-state index contributed by atoms with van der Waals surface area (Å²) in [6.07, 6.45) is 89.2. The van der Waals surface area contributed by atoms with E-state index < -0.39 is 6.10 Å². The van der Waals surface area contributed by atoms with Gasteiger partial charge >= 0.3 is 17.9 Å². The molecule has 0 rings (SSSR count). The Morgan fingerprint density at radius 1 is 0.263 bits per heavy atom. The Bertz CT molecular complexity index is 1470. The highest BCUT2D eigenvalue weighted by molar-refractivity contribution is 5.71. The Morgan fingerprint density at radius 3 is 0.775 bits per heavy atom. The van der Waals surface area contributed by atoms with Crippen LogP contribution in [0.5, 0.6) is 0 Å². The molecule has 1 unspecified atom stereocenters. The number of esters is 3. The predicted octanol–water partition coefficient (Wildman–Crippen LogP) is 24.1. The van der Waals surface area contributed by atoms with Crippen molar-refractivity contribution in [3.05, 3.63) is 72.9 Å². The zero-order valence-corrected chi connectivity index (χ0v) is 53.3. The molecule has 0 saturated heterocycles. The molecule has 1 atom stereocenters. The second-order valence-electron chi connectivity index (χ2n) is 23.4. The second-order valence-corrected chi connectivity index (χ2v) is 23.4. The Labute approximate surface area is 497 Å². The zero-order chi connectivity index (χ0) is 57.8. The highest BCUT2D eigenvalue weighted by Crippen LogP contribution is 2.18. The first-order valence-electron chi connectivity index (χ1n) is 34.9. The summed E-state index contributed by atoms with van der Waals surface area (Å²) in [5, 5.41) is 0. The number of carbonyl (C=O) groups is 3. The van der Waals surface area contributed by atoms with Gasteiger partial charge in [0.15, 0.2) is 6.10 Å². The van der Waals surface area contributed by atoms with Crippen molar-refractivity contribution >= 4 is 17.9 Å². The summed E-state index contributed by atoms with van der Waals surface area (Å²) in [5.41, 5.74) is 0. The largest absolute Gasteiger partial charge is 0.462 e. The van der Waals surface area contributed by atoms with Crippen molar-refractivity contribution in [1.29, 1.82) is 0 Å². The van der Waals surface area contributed by atoms with Crippen LogP contribution in [-0.2, 0) is 28.6 Å². The van der Waals surface area contributed by atoms with Crippen molar-refractivity contribution in [1.82, 2.24) is 0 Å². The molecular formula is C74H132O6. The van der Waals surface area contributed by atoms with Gasteiger partial charge in [0.1, 0.15) is 13.2 Å². The summed E-state index contributed by atoms with van der Waals surface area (Å²) < 4.78 is 17.0. The molecule has 6 nitrogen and oxygen atoms in total. The molecular weight excluding hydrogens is 985 g/mol. The van der Waals surface area contributed by atoms with Crippen molar-refractivity contribution in [2.24, 2.45) is 0 Å². The number of hydrogen-bond donors (Lipinski definition) is 0. The lowest BCUT2D eigenvalue weighted by Gasteiger charge is -2.18. The number of rotatable bonds is 64. The Hall–Kier alpha value is -3.15. The van der Waals surface area contributed by atoms with Crippen molar-refractivity contribution in [2.75, 3.05) is 13.2 Å². The molecule has 0 N–H and O–H groups in total. The number of ether oxygens (including phenoxy) is 3. The van der Waals surface area contributed by atoms with Crippen molar-refractivity contribution in [3.63, 3.8) is 0 Å². The van der Waals surface area contributed by atoms with Crippen LogP contribution in [-0.4, -0.2) is 37.2 Å². The van der Waals surface area contributed by atoms with Gasteiger partial charge in [-0.3, -0.25) is 14.4 Å². The summed E-state index contributed by atoms with van der Waals surface area (Å²) in [6.45, 7) is 6.57. The molecule has 0 heterocycles. The molecule has 0 bridgehead atoms. The quantitative estimate of drug-likeness (QED) is 0.0261. The van der Waals surface area contributed by atoms with Gasteiger partial charge in [0.05, 0.1) is 0 Å². The third kappa shape index (κ3) is 65.7. The van der Waals surface area contributed by atoms with Gasteiger partial charge in [-0.15, -0.1) is 0 Å². The minimum Gasteiger partial charge on any atom is -0.462 e. The summed E-state index contributed by atoms with van der Waals surface area (Å²) in [6, 6.07) is 0. The third-order valence-electron chi connectivity index (χ3n) is 15.4. The van der Waals surface area contributed by atoms with Crippen LogP contribution in [0.4, 0.5) is 0 Å². The van der Waals surface area contributed by atoms with Crippen molar-refractivity contribution in [3.8, 4) is 0 Å². The standard InChI is InChI=1S/C74H132O6/c1-4-7-10-13-16-19-22-25-27-29-31-33-35-36-37-38-40-41-43-45-47-49-52-55-58-61-64-67-73(76)79-70-71(69-78-72(75)66-63-60-57-54-51-24-21-18-15-12-9-6-3)80-74(77)68-65-62-59-56-53-50-48-46-44-42-39-34-32-30-28-26-23-20-17-14-11-8-5-2/h7,10,16,19,25,27,30-33,36-37,71H,4-6,8-9,11-15,17-18,20-24,26,28-29,34-35,38-70H2,1-3H3/b10-7-,19-16-,27-25-,32-30-,33-31-,37-36-. The first kappa shape index (κ1) is 76.9. The van der Waals surface area contributed by atoms with Gasteiger partial charge in [-0.05, 0) is 89.9 Å². The van der Waals surface area contributed by atoms with Crippen molar-refractivity contribution < 1.29 is 28.6 Å². The normalized spacial score (nSPS) is 12.5. The lowest BCUT2D eigenvalue weighted by Crippen LogP contribution is -2.30. The molecule has 0 aromatic rings. The molecule has 0 radical (unpaired) electrons. The van der Waals surface area contributed by atoms with E-state index in [2.05, 4.69) is 93.7 Å². The van der Waals surface area contributed by atoms with Gasteiger partial charge in [-0.1, -0.05) is 325 Å². The van der Waals surface area contributed by atoms with Crippen LogP contribution in [0.3, 0.4) is 0 Å². The number of hydrogen-bond acceptors (Lipinski definition) is 6. The first-order chi connectivity index (χ1) is 39.5. The molecule has 0 fully saturated rings. The van der Waals surface area contributed by atoms with Crippen LogP contribution < -0.4 is 0 Å². The maximum Gasteiger partial charge on any atom is 0.306 e. The minimum atomic E-state index is -0.776. The first-order valence-corrected chi connectivity index (χ1v) is 34.9. The van der Waals surface area contributed by atoms with Gasteiger partial charge in [-0.2, -0.15) is 0 Å². The summed E-state index contributed by atoms with van der Waals surface area (Å²) >= 11 is 0. The second kappa shape index (κ2) is 68.3.